The molecule has 0 radical (unpaired) electrons. The van der Waals surface area contributed by atoms with Gasteiger partial charge in [0.2, 0.25) is 10.0 Å². The second-order valence-corrected chi connectivity index (χ2v) is 9.49. The third kappa shape index (κ3) is 4.85. The Kier molecular flexibility index (Phi) is 6.28. The molecule has 0 fully saturated rings. The third-order valence-corrected chi connectivity index (χ3v) is 6.59. The van der Waals surface area contributed by atoms with Gasteiger partial charge in [-0.2, -0.15) is 0 Å². The van der Waals surface area contributed by atoms with Crippen molar-refractivity contribution in [2.24, 2.45) is 0 Å². The van der Waals surface area contributed by atoms with Gasteiger partial charge < -0.3 is 9.15 Å². The molecule has 0 amide bonds. The number of halogens is 1. The number of aromatic nitrogens is 2. The van der Waals surface area contributed by atoms with Crippen LogP contribution >= 0.6 is 27.3 Å². The predicted molar refractivity (Wildman–Crippen MR) is 106 cm³/mol. The van der Waals surface area contributed by atoms with Gasteiger partial charge in [0.05, 0.1) is 15.3 Å². The quantitative estimate of drug-likeness (QED) is 0.508. The van der Waals surface area contributed by atoms with E-state index in [4.69, 9.17) is 9.15 Å². The van der Waals surface area contributed by atoms with Gasteiger partial charge in [0, 0.05) is 10.5 Å². The summed E-state index contributed by atoms with van der Waals surface area (Å²) in [5.41, 5.74) is 0.0737. The molecule has 2 aromatic heterocycles. The third-order valence-electron chi connectivity index (χ3n) is 3.38. The molecule has 0 aliphatic heterocycles. The van der Waals surface area contributed by atoms with Crippen LogP contribution in [0.1, 0.15) is 30.1 Å². The molecule has 0 saturated carbocycles. The molecule has 0 bridgehead atoms. The van der Waals surface area contributed by atoms with Gasteiger partial charge in [-0.25, -0.2) is 17.9 Å². The second kappa shape index (κ2) is 8.52. The molecule has 0 saturated heterocycles. The molecule has 11 heteroatoms. The van der Waals surface area contributed by atoms with Gasteiger partial charge in [-0.1, -0.05) is 6.07 Å². The fourth-order valence-corrected chi connectivity index (χ4v) is 4.55. The van der Waals surface area contributed by atoms with Gasteiger partial charge in [0.25, 0.3) is 11.8 Å². The lowest BCUT2D eigenvalue weighted by Crippen LogP contribution is -2.30. The van der Waals surface area contributed by atoms with Gasteiger partial charge >= 0.3 is 5.97 Å². The number of benzene rings is 1. The minimum atomic E-state index is -3.74. The normalized spacial score (nSPS) is 11.7. The molecule has 28 heavy (non-hydrogen) atoms. The first-order valence-electron chi connectivity index (χ1n) is 8.11. The Morgan fingerprint density at radius 2 is 2.11 bits per heavy atom. The van der Waals surface area contributed by atoms with Crippen LogP contribution in [0.5, 0.6) is 0 Å². The number of carbonyl (C=O) groups excluding carboxylic acids is 1. The van der Waals surface area contributed by atoms with Gasteiger partial charge in [-0.15, -0.1) is 21.5 Å². The van der Waals surface area contributed by atoms with Crippen molar-refractivity contribution in [1.29, 1.82) is 0 Å². The van der Waals surface area contributed by atoms with Crippen molar-refractivity contribution in [3.63, 3.8) is 0 Å². The number of nitrogens with one attached hydrogen (secondary N) is 1. The van der Waals surface area contributed by atoms with E-state index in [1.54, 1.807) is 13.8 Å². The minimum absolute atomic E-state index is 0.0332. The fourth-order valence-electron chi connectivity index (χ4n) is 2.22. The van der Waals surface area contributed by atoms with Crippen LogP contribution in [0.25, 0.3) is 10.8 Å². The summed E-state index contributed by atoms with van der Waals surface area (Å²) in [6.07, 6.45) is 0. The van der Waals surface area contributed by atoms with Crippen LogP contribution in [0.4, 0.5) is 0 Å². The monoisotopic (exact) mass is 485 g/mol. The molecule has 8 nitrogen and oxygen atoms in total. The van der Waals surface area contributed by atoms with Crippen molar-refractivity contribution in [1.82, 2.24) is 14.9 Å². The number of esters is 1. The first-order chi connectivity index (χ1) is 13.3. The Morgan fingerprint density at radius 1 is 1.32 bits per heavy atom. The fraction of sp³-hybridized carbons (Fsp3) is 0.235. The lowest BCUT2D eigenvalue weighted by Gasteiger charge is -2.11. The van der Waals surface area contributed by atoms with E-state index in [0.717, 1.165) is 4.88 Å². The molecule has 0 aliphatic carbocycles. The summed E-state index contributed by atoms with van der Waals surface area (Å²) in [6.45, 7) is 3.19. The number of thiophene rings is 1. The van der Waals surface area contributed by atoms with Crippen LogP contribution in [0.3, 0.4) is 0 Å². The lowest BCUT2D eigenvalue weighted by atomic mass is 10.2. The number of hydrogen-bond acceptors (Lipinski definition) is 8. The number of nitrogens with zero attached hydrogens (tertiary/aromatic N) is 2. The maximum absolute atomic E-state index is 12.4. The lowest BCUT2D eigenvalue weighted by molar-refractivity contribution is 0.0437. The molecule has 0 atom stereocenters. The largest absolute Gasteiger partial charge is 0.452 e. The second-order valence-electron chi connectivity index (χ2n) is 5.97. The molecular formula is C17H16BrN3O5S2. The van der Waals surface area contributed by atoms with Gasteiger partial charge in [0.15, 0.2) is 6.61 Å². The molecule has 3 rings (SSSR count). The summed E-state index contributed by atoms with van der Waals surface area (Å²) in [5.74, 6) is -0.238. The molecule has 1 aromatic carbocycles. The van der Waals surface area contributed by atoms with E-state index < -0.39 is 16.0 Å². The van der Waals surface area contributed by atoms with Crippen molar-refractivity contribution in [3.8, 4) is 10.8 Å². The summed E-state index contributed by atoms with van der Waals surface area (Å²) >= 11 is 4.69. The van der Waals surface area contributed by atoms with E-state index in [2.05, 4.69) is 30.8 Å². The van der Waals surface area contributed by atoms with Gasteiger partial charge in [0.1, 0.15) is 0 Å². The van der Waals surface area contributed by atoms with Crippen LogP contribution in [0.2, 0.25) is 0 Å². The van der Waals surface area contributed by atoms with Crippen molar-refractivity contribution < 1.29 is 22.4 Å². The van der Waals surface area contributed by atoms with E-state index in [1.807, 2.05) is 17.5 Å². The van der Waals surface area contributed by atoms with Crippen LogP contribution < -0.4 is 4.72 Å². The van der Waals surface area contributed by atoms with Crippen LogP contribution in [0, 0.1) is 0 Å². The highest BCUT2D eigenvalue weighted by Crippen LogP contribution is 2.24. The van der Waals surface area contributed by atoms with E-state index in [0.29, 0.717) is 10.4 Å². The zero-order valence-corrected chi connectivity index (χ0v) is 18.1. The number of rotatable bonds is 7. The van der Waals surface area contributed by atoms with Gasteiger partial charge in [-0.05, 0) is 59.4 Å². The minimum Gasteiger partial charge on any atom is -0.452 e. The van der Waals surface area contributed by atoms with E-state index >= 15 is 0 Å². The Hall–Kier alpha value is -2.08. The molecule has 0 unspecified atom stereocenters. The first-order valence-corrected chi connectivity index (χ1v) is 11.3. The molecule has 2 heterocycles. The summed E-state index contributed by atoms with van der Waals surface area (Å²) in [5, 5.41) is 9.63. The maximum Gasteiger partial charge on any atom is 0.339 e. The van der Waals surface area contributed by atoms with Crippen LogP contribution in [-0.2, 0) is 21.4 Å². The highest BCUT2D eigenvalue weighted by Gasteiger charge is 2.21. The number of ether oxygens (including phenoxy) is 1. The van der Waals surface area contributed by atoms with E-state index in [-0.39, 0.29) is 29.0 Å². The van der Waals surface area contributed by atoms with Crippen molar-refractivity contribution in [3.05, 3.63) is 51.6 Å². The molecule has 0 aliphatic rings. The summed E-state index contributed by atoms with van der Waals surface area (Å²) in [4.78, 5) is 13.2. The van der Waals surface area contributed by atoms with Crippen LogP contribution in [-0.4, -0.2) is 30.6 Å². The average molecular weight is 486 g/mol. The van der Waals surface area contributed by atoms with Gasteiger partial charge in [-0.3, -0.25) is 0 Å². The first kappa shape index (κ1) is 20.6. The number of carbonyl (C=O) groups is 1. The highest BCUT2D eigenvalue weighted by atomic mass is 79.9. The van der Waals surface area contributed by atoms with Crippen molar-refractivity contribution in [2.75, 3.05) is 0 Å². The molecule has 0 spiro atoms. The summed E-state index contributed by atoms with van der Waals surface area (Å²) < 4.78 is 38.2. The van der Waals surface area contributed by atoms with Crippen molar-refractivity contribution >= 4 is 43.3 Å². The summed E-state index contributed by atoms with van der Waals surface area (Å²) in [6, 6.07) is 7.55. The highest BCUT2D eigenvalue weighted by molar-refractivity contribution is 9.10. The Bertz CT molecular complexity index is 1080. The number of sulfonamides is 1. The molecule has 1 N–H and O–H groups in total. The topological polar surface area (TPSA) is 111 Å². The zero-order chi connectivity index (χ0) is 20.3. The van der Waals surface area contributed by atoms with Crippen molar-refractivity contribution in [2.45, 2.75) is 31.4 Å². The smallest absolute Gasteiger partial charge is 0.339 e. The molecule has 148 valence electrons. The Labute approximate surface area is 174 Å². The van der Waals surface area contributed by atoms with E-state index in [1.165, 1.54) is 29.5 Å². The maximum atomic E-state index is 12.4. The SMILES string of the molecule is CC(C)NS(=O)(=O)c1ccc(Br)c(C(=O)OCc2nnc(-c3cccs3)o2)c1. The Morgan fingerprint density at radius 3 is 2.79 bits per heavy atom. The zero-order valence-electron chi connectivity index (χ0n) is 14.9. The number of hydrogen-bond donors (Lipinski definition) is 1. The predicted octanol–water partition coefficient (Wildman–Crippen LogP) is 3.60. The Balaban J connectivity index is 1.73. The average Bonchev–Trinajstić information content (AvgIpc) is 3.30. The summed E-state index contributed by atoms with van der Waals surface area (Å²) in [7, 11) is -3.74. The van der Waals surface area contributed by atoms with Crippen LogP contribution in [0.15, 0.2) is 49.5 Å². The standard InChI is InChI=1S/C17H16BrN3O5S2/c1-10(2)21-28(23,24)11-5-6-13(18)12(8-11)17(22)25-9-15-19-20-16(26-15)14-4-3-7-27-14/h3-8,10,21H,9H2,1-2H3. The molecule has 3 aromatic rings. The molecular weight excluding hydrogens is 470 g/mol. The van der Waals surface area contributed by atoms with E-state index in [9.17, 15) is 13.2 Å².